The smallest absolute Gasteiger partial charge is 0.0897 e. The van der Waals surface area contributed by atoms with Crippen molar-refractivity contribution in [3.05, 3.63) is 0 Å². The lowest BCUT2D eigenvalue weighted by atomic mass is 10.2. The molecule has 0 bridgehead atoms. The van der Waals surface area contributed by atoms with Gasteiger partial charge in [-0.3, -0.25) is 0 Å². The number of hydrogen-bond acceptors (Lipinski definition) is 4. The minimum atomic E-state index is -0.401. The van der Waals surface area contributed by atoms with Crippen LogP contribution in [-0.2, 0) is 9.47 Å². The highest BCUT2D eigenvalue weighted by Gasteiger charge is 2.15. The van der Waals surface area contributed by atoms with Gasteiger partial charge in [-0.05, 0) is 12.8 Å². The van der Waals surface area contributed by atoms with Crippen molar-refractivity contribution in [3.63, 3.8) is 0 Å². The lowest BCUT2D eigenvalue weighted by Gasteiger charge is -2.15. The summed E-state index contributed by atoms with van der Waals surface area (Å²) in [6.07, 6.45) is 2.84. The molecule has 0 aromatic rings. The Morgan fingerprint density at radius 3 is 3.13 bits per heavy atom. The zero-order chi connectivity index (χ0) is 10.9. The molecule has 1 fully saturated rings. The van der Waals surface area contributed by atoms with Crippen molar-refractivity contribution in [2.75, 3.05) is 33.0 Å². The van der Waals surface area contributed by atoms with Crippen molar-refractivity contribution in [2.24, 2.45) is 0 Å². The summed E-state index contributed by atoms with van der Waals surface area (Å²) in [4.78, 5) is 0. The van der Waals surface area contributed by atoms with Gasteiger partial charge in [-0.1, -0.05) is 13.3 Å². The summed E-state index contributed by atoms with van der Waals surface area (Å²) in [5, 5.41) is 12.8. The molecule has 90 valence electrons. The number of ether oxygens (including phenoxy) is 2. The van der Waals surface area contributed by atoms with E-state index in [1.807, 2.05) is 0 Å². The van der Waals surface area contributed by atoms with Crippen LogP contribution in [0.3, 0.4) is 0 Å². The molecule has 15 heavy (non-hydrogen) atoms. The maximum Gasteiger partial charge on any atom is 0.0897 e. The zero-order valence-corrected chi connectivity index (χ0v) is 9.58. The standard InChI is InChI=1S/C11H23NO3/c1-2-3-5-14-9-11(13)7-12-10-4-6-15-8-10/h10-13H,2-9H2,1H3. The van der Waals surface area contributed by atoms with Crippen LogP contribution in [0.1, 0.15) is 26.2 Å². The van der Waals surface area contributed by atoms with Gasteiger partial charge in [0.05, 0.1) is 19.3 Å². The molecule has 0 aliphatic carbocycles. The predicted octanol–water partition coefficient (Wildman–Crippen LogP) is 0.542. The molecule has 0 radical (unpaired) electrons. The molecule has 2 N–H and O–H groups in total. The van der Waals surface area contributed by atoms with Gasteiger partial charge in [0.15, 0.2) is 0 Å². The van der Waals surface area contributed by atoms with E-state index in [0.29, 0.717) is 19.2 Å². The number of rotatable bonds is 8. The van der Waals surface area contributed by atoms with Crippen LogP contribution in [0.5, 0.6) is 0 Å². The lowest BCUT2D eigenvalue weighted by molar-refractivity contribution is 0.0343. The van der Waals surface area contributed by atoms with Crippen LogP contribution >= 0.6 is 0 Å². The molecular formula is C11H23NO3. The summed E-state index contributed by atoms with van der Waals surface area (Å²) in [7, 11) is 0. The van der Waals surface area contributed by atoms with Gasteiger partial charge < -0.3 is 19.9 Å². The molecule has 1 saturated heterocycles. The molecule has 0 amide bonds. The first-order valence-electron chi connectivity index (χ1n) is 5.90. The highest BCUT2D eigenvalue weighted by atomic mass is 16.5. The van der Waals surface area contributed by atoms with Crippen LogP contribution in [0.2, 0.25) is 0 Å². The van der Waals surface area contributed by atoms with E-state index in [0.717, 1.165) is 39.1 Å². The van der Waals surface area contributed by atoms with E-state index < -0.39 is 6.10 Å². The number of hydrogen-bond donors (Lipinski definition) is 2. The van der Waals surface area contributed by atoms with Crippen molar-refractivity contribution in [1.29, 1.82) is 0 Å². The van der Waals surface area contributed by atoms with Gasteiger partial charge in [-0.15, -0.1) is 0 Å². The van der Waals surface area contributed by atoms with Crippen LogP contribution in [0.15, 0.2) is 0 Å². The van der Waals surface area contributed by atoms with Gasteiger partial charge in [-0.25, -0.2) is 0 Å². The average Bonchev–Trinajstić information content (AvgIpc) is 2.74. The lowest BCUT2D eigenvalue weighted by Crippen LogP contribution is -2.37. The topological polar surface area (TPSA) is 50.7 Å². The first-order valence-corrected chi connectivity index (χ1v) is 5.90. The third kappa shape index (κ3) is 6.10. The second-order valence-corrected chi connectivity index (χ2v) is 4.05. The van der Waals surface area contributed by atoms with E-state index in [1.165, 1.54) is 0 Å². The molecule has 0 spiro atoms. The second-order valence-electron chi connectivity index (χ2n) is 4.05. The normalized spacial score (nSPS) is 23.2. The fourth-order valence-electron chi connectivity index (χ4n) is 1.52. The third-order valence-electron chi connectivity index (χ3n) is 2.52. The number of nitrogens with one attached hydrogen (secondary N) is 1. The molecule has 2 atom stereocenters. The van der Waals surface area contributed by atoms with Crippen molar-refractivity contribution in [2.45, 2.75) is 38.3 Å². The number of aliphatic hydroxyl groups excluding tert-OH is 1. The summed E-state index contributed by atoms with van der Waals surface area (Å²) in [6, 6.07) is 0.412. The van der Waals surface area contributed by atoms with Crippen molar-refractivity contribution < 1.29 is 14.6 Å². The molecule has 1 aliphatic heterocycles. The molecule has 0 aromatic carbocycles. The van der Waals surface area contributed by atoms with Gasteiger partial charge in [0.25, 0.3) is 0 Å². The van der Waals surface area contributed by atoms with Crippen LogP contribution in [0.4, 0.5) is 0 Å². The quantitative estimate of drug-likeness (QED) is 0.583. The van der Waals surface area contributed by atoms with Crippen molar-refractivity contribution >= 4 is 0 Å². The Bertz CT molecular complexity index is 149. The minimum absolute atomic E-state index is 0.401. The number of aliphatic hydroxyl groups is 1. The molecule has 2 unspecified atom stereocenters. The van der Waals surface area contributed by atoms with Crippen molar-refractivity contribution in [1.82, 2.24) is 5.32 Å². The Labute approximate surface area is 92.0 Å². The van der Waals surface area contributed by atoms with E-state index in [2.05, 4.69) is 12.2 Å². The Morgan fingerprint density at radius 1 is 1.60 bits per heavy atom. The van der Waals surface area contributed by atoms with E-state index in [9.17, 15) is 5.11 Å². The maximum atomic E-state index is 9.58. The SMILES string of the molecule is CCCCOCC(O)CNC1CCOC1. The van der Waals surface area contributed by atoms with E-state index in [-0.39, 0.29) is 0 Å². The highest BCUT2D eigenvalue weighted by molar-refractivity contribution is 4.72. The van der Waals surface area contributed by atoms with Gasteiger partial charge in [-0.2, -0.15) is 0 Å². The van der Waals surface area contributed by atoms with Crippen LogP contribution in [0.25, 0.3) is 0 Å². The molecule has 0 saturated carbocycles. The Kier molecular flexibility index (Phi) is 6.92. The van der Waals surface area contributed by atoms with Crippen LogP contribution in [0, 0.1) is 0 Å². The minimum Gasteiger partial charge on any atom is -0.389 e. The molecule has 1 aliphatic rings. The largest absolute Gasteiger partial charge is 0.389 e. The average molecular weight is 217 g/mol. The molecule has 4 heteroatoms. The van der Waals surface area contributed by atoms with Crippen molar-refractivity contribution in [3.8, 4) is 0 Å². The Hall–Kier alpha value is -0.160. The fraction of sp³-hybridized carbons (Fsp3) is 1.00. The Morgan fingerprint density at radius 2 is 2.47 bits per heavy atom. The van der Waals surface area contributed by atoms with Crippen LogP contribution < -0.4 is 5.32 Å². The van der Waals surface area contributed by atoms with Crippen LogP contribution in [-0.4, -0.2) is 50.2 Å². The van der Waals surface area contributed by atoms with E-state index >= 15 is 0 Å². The van der Waals surface area contributed by atoms with Gasteiger partial charge in [0.2, 0.25) is 0 Å². The molecule has 4 nitrogen and oxygen atoms in total. The first-order chi connectivity index (χ1) is 7.33. The monoisotopic (exact) mass is 217 g/mol. The van der Waals surface area contributed by atoms with Gasteiger partial charge >= 0.3 is 0 Å². The third-order valence-corrected chi connectivity index (χ3v) is 2.52. The Balaban J connectivity index is 1.90. The second kappa shape index (κ2) is 8.05. The molecule has 1 rings (SSSR count). The molecular weight excluding hydrogens is 194 g/mol. The molecule has 0 aromatic heterocycles. The summed E-state index contributed by atoms with van der Waals surface area (Å²) < 4.78 is 10.6. The summed E-state index contributed by atoms with van der Waals surface area (Å²) in [6.45, 7) is 5.51. The zero-order valence-electron chi connectivity index (χ0n) is 9.58. The summed E-state index contributed by atoms with van der Waals surface area (Å²) in [5.41, 5.74) is 0. The van der Waals surface area contributed by atoms with E-state index in [1.54, 1.807) is 0 Å². The summed E-state index contributed by atoms with van der Waals surface area (Å²) in [5.74, 6) is 0. The predicted molar refractivity (Wildman–Crippen MR) is 59.0 cm³/mol. The van der Waals surface area contributed by atoms with E-state index in [4.69, 9.17) is 9.47 Å². The van der Waals surface area contributed by atoms with Gasteiger partial charge in [0.1, 0.15) is 0 Å². The fourth-order valence-corrected chi connectivity index (χ4v) is 1.52. The highest BCUT2D eigenvalue weighted by Crippen LogP contribution is 2.02. The number of unbranched alkanes of at least 4 members (excludes halogenated alkanes) is 1. The maximum absolute atomic E-state index is 9.58. The first kappa shape index (κ1) is 12.9. The summed E-state index contributed by atoms with van der Waals surface area (Å²) >= 11 is 0. The molecule has 1 heterocycles. The van der Waals surface area contributed by atoms with Gasteiger partial charge in [0, 0.05) is 25.8 Å².